The first-order chi connectivity index (χ1) is 9.06. The second-order valence-corrected chi connectivity index (χ2v) is 4.73. The number of amides is 1. The van der Waals surface area contributed by atoms with Crippen LogP contribution in [0.3, 0.4) is 0 Å². The number of anilines is 2. The van der Waals surface area contributed by atoms with Crippen molar-refractivity contribution in [2.45, 2.75) is 20.3 Å². The summed E-state index contributed by atoms with van der Waals surface area (Å²) in [5, 5.41) is 2.90. The molecule has 3 nitrogen and oxygen atoms in total. The predicted molar refractivity (Wildman–Crippen MR) is 79.1 cm³/mol. The van der Waals surface area contributed by atoms with Crippen LogP contribution in [0.5, 0.6) is 0 Å². The first-order valence-electron chi connectivity index (χ1n) is 6.27. The molecule has 0 aliphatic heterocycles. The monoisotopic (exact) mass is 254 g/mol. The van der Waals surface area contributed by atoms with Gasteiger partial charge in [0, 0.05) is 11.4 Å². The molecule has 2 aromatic carbocycles. The van der Waals surface area contributed by atoms with Crippen LogP contribution in [0, 0.1) is 13.8 Å². The molecule has 0 unspecified atom stereocenters. The molecule has 2 aromatic rings. The van der Waals surface area contributed by atoms with Gasteiger partial charge in [0.25, 0.3) is 0 Å². The number of aryl methyl sites for hydroxylation is 1. The van der Waals surface area contributed by atoms with Crippen LogP contribution in [0.25, 0.3) is 0 Å². The largest absolute Gasteiger partial charge is 0.398 e. The van der Waals surface area contributed by atoms with Gasteiger partial charge >= 0.3 is 0 Å². The molecule has 0 spiro atoms. The minimum Gasteiger partial charge on any atom is -0.398 e. The van der Waals surface area contributed by atoms with Crippen LogP contribution in [0.2, 0.25) is 0 Å². The molecule has 0 atom stereocenters. The molecule has 0 radical (unpaired) electrons. The smallest absolute Gasteiger partial charge is 0.228 e. The zero-order chi connectivity index (χ0) is 13.8. The summed E-state index contributed by atoms with van der Waals surface area (Å²) in [6.07, 6.45) is 0.371. The van der Waals surface area contributed by atoms with Gasteiger partial charge in [-0.25, -0.2) is 0 Å². The second kappa shape index (κ2) is 5.57. The van der Waals surface area contributed by atoms with Crippen LogP contribution in [-0.4, -0.2) is 5.91 Å². The maximum absolute atomic E-state index is 12.0. The second-order valence-electron chi connectivity index (χ2n) is 4.73. The number of benzene rings is 2. The summed E-state index contributed by atoms with van der Waals surface area (Å²) in [7, 11) is 0. The normalized spacial score (nSPS) is 10.2. The highest BCUT2D eigenvalue weighted by molar-refractivity contribution is 5.93. The highest BCUT2D eigenvalue weighted by Gasteiger charge is 2.07. The van der Waals surface area contributed by atoms with E-state index in [-0.39, 0.29) is 5.91 Å². The molecule has 0 saturated carbocycles. The highest BCUT2D eigenvalue weighted by Crippen LogP contribution is 2.20. The molecule has 0 aliphatic rings. The zero-order valence-corrected chi connectivity index (χ0v) is 11.2. The number of nitrogens with one attached hydrogen (secondary N) is 1. The van der Waals surface area contributed by atoms with Gasteiger partial charge in [-0.3, -0.25) is 4.79 Å². The molecule has 2 rings (SSSR count). The number of carbonyl (C=O) groups is 1. The zero-order valence-electron chi connectivity index (χ0n) is 11.2. The third kappa shape index (κ3) is 3.35. The minimum atomic E-state index is -0.0284. The van der Waals surface area contributed by atoms with Gasteiger partial charge in [0.2, 0.25) is 5.91 Å². The standard InChI is InChI=1S/C16H18N2O/c1-11-5-3-6-13(9-11)10-16(19)18-15-8-4-7-14(17)12(15)2/h3-9H,10,17H2,1-2H3,(H,18,19). The lowest BCUT2D eigenvalue weighted by molar-refractivity contribution is -0.115. The Bertz CT molecular complexity index is 605. The predicted octanol–water partition coefficient (Wildman–Crippen LogP) is 3.07. The van der Waals surface area contributed by atoms with E-state index in [1.54, 1.807) is 0 Å². The summed E-state index contributed by atoms with van der Waals surface area (Å²) >= 11 is 0. The maximum atomic E-state index is 12.0. The fourth-order valence-corrected chi connectivity index (χ4v) is 1.99. The summed E-state index contributed by atoms with van der Waals surface area (Å²) < 4.78 is 0. The number of rotatable bonds is 3. The minimum absolute atomic E-state index is 0.0284. The molecule has 0 saturated heterocycles. The van der Waals surface area contributed by atoms with Gasteiger partial charge in [-0.15, -0.1) is 0 Å². The molecule has 0 aromatic heterocycles. The van der Waals surface area contributed by atoms with Crippen LogP contribution >= 0.6 is 0 Å². The van der Waals surface area contributed by atoms with Crippen molar-refractivity contribution in [3.8, 4) is 0 Å². The third-order valence-electron chi connectivity index (χ3n) is 3.10. The van der Waals surface area contributed by atoms with Gasteiger partial charge in [-0.1, -0.05) is 35.9 Å². The Morgan fingerprint density at radius 3 is 2.63 bits per heavy atom. The fraction of sp³-hybridized carbons (Fsp3) is 0.188. The molecule has 3 N–H and O–H groups in total. The quantitative estimate of drug-likeness (QED) is 0.827. The Labute approximate surface area is 113 Å². The maximum Gasteiger partial charge on any atom is 0.228 e. The number of hydrogen-bond acceptors (Lipinski definition) is 2. The molecular formula is C16H18N2O. The Balaban J connectivity index is 2.08. The van der Waals surface area contributed by atoms with Gasteiger partial charge in [0.05, 0.1) is 6.42 Å². The van der Waals surface area contributed by atoms with Crippen molar-refractivity contribution in [3.63, 3.8) is 0 Å². The Kier molecular flexibility index (Phi) is 3.85. The number of nitrogens with two attached hydrogens (primary N) is 1. The summed E-state index contributed by atoms with van der Waals surface area (Å²) in [5.41, 5.74) is 10.4. The summed E-state index contributed by atoms with van der Waals surface area (Å²) in [6.45, 7) is 3.92. The van der Waals surface area contributed by atoms with E-state index in [2.05, 4.69) is 5.32 Å². The molecule has 1 amide bonds. The van der Waals surface area contributed by atoms with E-state index >= 15 is 0 Å². The van der Waals surface area contributed by atoms with Crippen molar-refractivity contribution in [3.05, 3.63) is 59.2 Å². The van der Waals surface area contributed by atoms with Crippen LogP contribution in [0.4, 0.5) is 11.4 Å². The van der Waals surface area contributed by atoms with Crippen LogP contribution in [-0.2, 0) is 11.2 Å². The van der Waals surface area contributed by atoms with Gasteiger partial charge in [-0.2, -0.15) is 0 Å². The molecule has 0 fully saturated rings. The van der Waals surface area contributed by atoms with Crippen molar-refractivity contribution in [1.82, 2.24) is 0 Å². The van der Waals surface area contributed by atoms with E-state index in [1.165, 1.54) is 0 Å². The molecule has 0 bridgehead atoms. The lowest BCUT2D eigenvalue weighted by Crippen LogP contribution is -2.15. The van der Waals surface area contributed by atoms with Gasteiger partial charge in [0.15, 0.2) is 0 Å². The first kappa shape index (κ1) is 13.1. The number of nitrogen functional groups attached to an aromatic ring is 1. The van der Waals surface area contributed by atoms with Crippen molar-refractivity contribution in [1.29, 1.82) is 0 Å². The van der Waals surface area contributed by atoms with Crippen molar-refractivity contribution >= 4 is 17.3 Å². The summed E-state index contributed by atoms with van der Waals surface area (Å²) in [6, 6.07) is 13.5. The summed E-state index contributed by atoms with van der Waals surface area (Å²) in [4.78, 5) is 12.0. The Morgan fingerprint density at radius 1 is 1.16 bits per heavy atom. The molecule has 19 heavy (non-hydrogen) atoms. The van der Waals surface area contributed by atoms with Crippen LogP contribution in [0.1, 0.15) is 16.7 Å². The fourth-order valence-electron chi connectivity index (χ4n) is 1.99. The molecule has 98 valence electrons. The van der Waals surface area contributed by atoms with Crippen LogP contribution in [0.15, 0.2) is 42.5 Å². The molecule has 0 aliphatic carbocycles. The average molecular weight is 254 g/mol. The van der Waals surface area contributed by atoms with E-state index in [0.717, 1.165) is 22.4 Å². The average Bonchev–Trinajstić information content (AvgIpc) is 2.35. The third-order valence-corrected chi connectivity index (χ3v) is 3.10. The van der Waals surface area contributed by atoms with Gasteiger partial charge in [0.1, 0.15) is 0 Å². The lowest BCUT2D eigenvalue weighted by atomic mass is 10.1. The lowest BCUT2D eigenvalue weighted by Gasteiger charge is -2.10. The first-order valence-corrected chi connectivity index (χ1v) is 6.27. The van der Waals surface area contributed by atoms with Crippen molar-refractivity contribution in [2.24, 2.45) is 0 Å². The number of hydrogen-bond donors (Lipinski definition) is 2. The van der Waals surface area contributed by atoms with Crippen molar-refractivity contribution < 1.29 is 4.79 Å². The van der Waals surface area contributed by atoms with Crippen molar-refractivity contribution in [2.75, 3.05) is 11.1 Å². The van der Waals surface area contributed by atoms with Gasteiger partial charge < -0.3 is 11.1 Å². The SMILES string of the molecule is Cc1cccc(CC(=O)Nc2cccc(N)c2C)c1. The Morgan fingerprint density at radius 2 is 1.89 bits per heavy atom. The van der Waals surface area contributed by atoms with E-state index < -0.39 is 0 Å². The highest BCUT2D eigenvalue weighted by atomic mass is 16.1. The summed E-state index contributed by atoms with van der Waals surface area (Å²) in [5.74, 6) is -0.0284. The van der Waals surface area contributed by atoms with E-state index in [9.17, 15) is 4.79 Å². The van der Waals surface area contributed by atoms with E-state index in [4.69, 9.17) is 5.73 Å². The molecule has 0 heterocycles. The van der Waals surface area contributed by atoms with Crippen LogP contribution < -0.4 is 11.1 Å². The van der Waals surface area contributed by atoms with Gasteiger partial charge in [-0.05, 0) is 37.1 Å². The number of carbonyl (C=O) groups excluding carboxylic acids is 1. The Hall–Kier alpha value is -2.29. The van der Waals surface area contributed by atoms with E-state index in [0.29, 0.717) is 12.1 Å². The van der Waals surface area contributed by atoms with E-state index in [1.807, 2.05) is 56.3 Å². The topological polar surface area (TPSA) is 55.1 Å². The molecule has 3 heteroatoms. The molecular weight excluding hydrogens is 236 g/mol.